The Morgan fingerprint density at radius 3 is 2.18 bits per heavy atom. The van der Waals surface area contributed by atoms with Crippen molar-refractivity contribution in [1.29, 1.82) is 0 Å². The van der Waals surface area contributed by atoms with Crippen LogP contribution >= 0.6 is 0 Å². The lowest BCUT2D eigenvalue weighted by molar-refractivity contribution is -0.120. The van der Waals surface area contributed by atoms with Gasteiger partial charge in [0.2, 0.25) is 0 Å². The maximum atomic E-state index is 13.6. The second-order valence-corrected chi connectivity index (χ2v) is 3.91. The third-order valence-electron chi connectivity index (χ3n) is 2.82. The van der Waals surface area contributed by atoms with E-state index in [4.69, 9.17) is 5.73 Å². The second kappa shape index (κ2) is 3.69. The zero-order valence-corrected chi connectivity index (χ0v) is 9.45. The summed E-state index contributed by atoms with van der Waals surface area (Å²) in [5.41, 5.74) is 6.38. The first-order valence-corrected chi connectivity index (χ1v) is 5.04. The van der Waals surface area contributed by atoms with Crippen molar-refractivity contribution in [2.75, 3.05) is 10.6 Å². The second-order valence-electron chi connectivity index (χ2n) is 3.91. The molecule has 0 unspecified atom stereocenters. The third kappa shape index (κ3) is 1.60. The van der Waals surface area contributed by atoms with Crippen LogP contribution in [0, 0.1) is 5.82 Å². The number of anilines is 2. The summed E-state index contributed by atoms with van der Waals surface area (Å²) in [6.07, 6.45) is 0. The van der Waals surface area contributed by atoms with Crippen LogP contribution in [-0.2, 0) is 9.59 Å². The molecule has 2 N–H and O–H groups in total. The lowest BCUT2D eigenvalue weighted by Gasteiger charge is -2.16. The van der Waals surface area contributed by atoms with Crippen LogP contribution in [0.3, 0.4) is 0 Å². The van der Waals surface area contributed by atoms with Crippen molar-refractivity contribution < 1.29 is 14.0 Å². The Morgan fingerprint density at radius 2 is 1.65 bits per heavy atom. The first-order chi connectivity index (χ1) is 7.93. The predicted octanol–water partition coefficient (Wildman–Crippen LogP) is 1.62. The van der Waals surface area contributed by atoms with E-state index in [0.717, 1.165) is 11.0 Å². The van der Waals surface area contributed by atoms with Crippen LogP contribution < -0.4 is 10.6 Å². The molecule has 0 aromatic heterocycles. The molecule has 0 fully saturated rings. The van der Waals surface area contributed by atoms with Crippen molar-refractivity contribution in [2.24, 2.45) is 0 Å². The number of hydrogen-bond donors (Lipinski definition) is 1. The van der Waals surface area contributed by atoms with Crippen molar-refractivity contribution in [3.05, 3.63) is 35.2 Å². The van der Waals surface area contributed by atoms with E-state index in [2.05, 4.69) is 0 Å². The molecule has 0 saturated carbocycles. The Labute approximate surface area is 97.5 Å². The first-order valence-electron chi connectivity index (χ1n) is 5.04. The van der Waals surface area contributed by atoms with Gasteiger partial charge in [-0.3, -0.25) is 9.59 Å². The fraction of sp³-hybridized carbons (Fsp3) is 0.167. The van der Waals surface area contributed by atoms with Gasteiger partial charge in [0, 0.05) is 16.8 Å². The van der Waals surface area contributed by atoms with Crippen LogP contribution in [0.15, 0.2) is 29.3 Å². The Bertz CT molecular complexity index is 540. The van der Waals surface area contributed by atoms with Crippen molar-refractivity contribution in [1.82, 2.24) is 0 Å². The molecule has 0 atom stereocenters. The molecule has 1 aromatic carbocycles. The van der Waals surface area contributed by atoms with Crippen LogP contribution in [0.1, 0.15) is 13.8 Å². The van der Waals surface area contributed by atoms with Gasteiger partial charge in [-0.15, -0.1) is 0 Å². The topological polar surface area (TPSA) is 63.4 Å². The van der Waals surface area contributed by atoms with Crippen molar-refractivity contribution >= 4 is 23.2 Å². The molecule has 1 heterocycles. The summed E-state index contributed by atoms with van der Waals surface area (Å²) in [6, 6.07) is 3.78. The number of benzene rings is 1. The highest BCUT2D eigenvalue weighted by Crippen LogP contribution is 2.29. The highest BCUT2D eigenvalue weighted by molar-refractivity contribution is 6.32. The molecular formula is C12H11FN2O2. The number of halogens is 1. The van der Waals surface area contributed by atoms with E-state index in [0.29, 0.717) is 16.8 Å². The summed E-state index contributed by atoms with van der Waals surface area (Å²) < 4.78 is 13.6. The minimum atomic E-state index is -0.650. The van der Waals surface area contributed by atoms with Crippen LogP contribution in [0.25, 0.3) is 0 Å². The fourth-order valence-electron chi connectivity index (χ4n) is 1.67. The highest BCUT2D eigenvalue weighted by atomic mass is 19.1. The van der Waals surface area contributed by atoms with E-state index in [9.17, 15) is 14.0 Å². The molecule has 1 aliphatic rings. The Hall–Kier alpha value is -2.17. The summed E-state index contributed by atoms with van der Waals surface area (Å²) >= 11 is 0. The van der Waals surface area contributed by atoms with Crippen LogP contribution in [0.4, 0.5) is 15.8 Å². The lowest BCUT2D eigenvalue weighted by Crippen LogP contribution is -2.32. The normalized spacial score (nSPS) is 16.1. The van der Waals surface area contributed by atoms with Crippen LogP contribution in [-0.4, -0.2) is 11.8 Å². The fourth-order valence-corrected chi connectivity index (χ4v) is 1.67. The molecule has 0 spiro atoms. The van der Waals surface area contributed by atoms with Gasteiger partial charge >= 0.3 is 0 Å². The molecule has 0 radical (unpaired) electrons. The number of rotatable bonds is 1. The first kappa shape index (κ1) is 11.3. The number of nitrogen functional groups attached to an aromatic ring is 1. The van der Waals surface area contributed by atoms with Crippen molar-refractivity contribution in [3.8, 4) is 0 Å². The van der Waals surface area contributed by atoms with E-state index >= 15 is 0 Å². The monoisotopic (exact) mass is 234 g/mol. The van der Waals surface area contributed by atoms with E-state index in [-0.39, 0.29) is 5.69 Å². The number of amides is 2. The summed E-state index contributed by atoms with van der Waals surface area (Å²) in [5.74, 6) is -1.66. The smallest absolute Gasteiger partial charge is 0.261 e. The quantitative estimate of drug-likeness (QED) is 0.593. The van der Waals surface area contributed by atoms with E-state index in [1.807, 2.05) is 0 Å². The molecule has 0 saturated heterocycles. The van der Waals surface area contributed by atoms with Crippen molar-refractivity contribution in [3.63, 3.8) is 0 Å². The van der Waals surface area contributed by atoms with Gasteiger partial charge in [0.25, 0.3) is 11.8 Å². The maximum Gasteiger partial charge on any atom is 0.261 e. The number of imide groups is 1. The molecule has 2 amide bonds. The van der Waals surface area contributed by atoms with Gasteiger partial charge in [-0.25, -0.2) is 9.29 Å². The summed E-state index contributed by atoms with van der Waals surface area (Å²) in [5, 5.41) is 0. The van der Waals surface area contributed by atoms with Crippen molar-refractivity contribution in [2.45, 2.75) is 13.8 Å². The third-order valence-corrected chi connectivity index (χ3v) is 2.82. The standard InChI is InChI=1S/C12H11FN2O2/c1-6-7(2)12(17)15(11(6)16)10-5-8(14)3-4-9(10)13/h3-5H,14H2,1-2H3. The molecule has 0 bridgehead atoms. The van der Waals surface area contributed by atoms with E-state index in [1.54, 1.807) is 13.8 Å². The zero-order chi connectivity index (χ0) is 12.7. The minimum absolute atomic E-state index is 0.101. The van der Waals surface area contributed by atoms with Gasteiger partial charge in [0.1, 0.15) is 5.82 Å². The number of carbonyl (C=O) groups is 2. The summed E-state index contributed by atoms with van der Waals surface area (Å²) in [7, 11) is 0. The number of nitrogens with two attached hydrogens (primary N) is 1. The SMILES string of the molecule is CC1=C(C)C(=O)N(c2cc(N)ccc2F)C1=O. The molecule has 17 heavy (non-hydrogen) atoms. The molecule has 1 aliphatic heterocycles. The van der Waals surface area contributed by atoms with Crippen LogP contribution in [0.5, 0.6) is 0 Å². The van der Waals surface area contributed by atoms with Gasteiger partial charge in [0.15, 0.2) is 0 Å². The zero-order valence-electron chi connectivity index (χ0n) is 9.45. The Morgan fingerprint density at radius 1 is 1.12 bits per heavy atom. The number of carbonyl (C=O) groups excluding carboxylic acids is 2. The molecule has 4 nitrogen and oxygen atoms in total. The van der Waals surface area contributed by atoms with E-state index in [1.165, 1.54) is 12.1 Å². The number of nitrogens with zero attached hydrogens (tertiary/aromatic N) is 1. The molecule has 5 heteroatoms. The molecule has 0 aliphatic carbocycles. The average molecular weight is 234 g/mol. The average Bonchev–Trinajstić information content (AvgIpc) is 2.48. The van der Waals surface area contributed by atoms with E-state index < -0.39 is 17.6 Å². The lowest BCUT2D eigenvalue weighted by atomic mass is 10.2. The Kier molecular flexibility index (Phi) is 2.46. The van der Waals surface area contributed by atoms with Gasteiger partial charge in [-0.1, -0.05) is 0 Å². The summed E-state index contributed by atoms with van der Waals surface area (Å²) in [6.45, 7) is 3.08. The molecule has 88 valence electrons. The predicted molar refractivity (Wildman–Crippen MR) is 61.7 cm³/mol. The number of hydrogen-bond acceptors (Lipinski definition) is 3. The largest absolute Gasteiger partial charge is 0.399 e. The van der Waals surface area contributed by atoms with Gasteiger partial charge < -0.3 is 5.73 Å². The molecule has 2 rings (SSSR count). The van der Waals surface area contributed by atoms with Crippen LogP contribution in [0.2, 0.25) is 0 Å². The van der Waals surface area contributed by atoms with Gasteiger partial charge in [-0.2, -0.15) is 0 Å². The molecular weight excluding hydrogens is 223 g/mol. The Balaban J connectivity index is 2.54. The minimum Gasteiger partial charge on any atom is -0.399 e. The summed E-state index contributed by atoms with van der Waals surface area (Å²) in [4.78, 5) is 24.5. The molecule has 1 aromatic rings. The van der Waals surface area contributed by atoms with Gasteiger partial charge in [0.05, 0.1) is 5.69 Å². The van der Waals surface area contributed by atoms with Gasteiger partial charge in [-0.05, 0) is 32.0 Å². The maximum absolute atomic E-state index is 13.6. The highest BCUT2D eigenvalue weighted by Gasteiger charge is 2.35.